The molecule has 0 radical (unpaired) electrons. The predicted octanol–water partition coefficient (Wildman–Crippen LogP) is 4.00. The summed E-state index contributed by atoms with van der Waals surface area (Å²) in [5, 5.41) is 1.24. The first-order chi connectivity index (χ1) is 11.1. The number of likely N-dealkylation sites (N-methyl/N-ethyl adjacent to an activating group) is 1. The molecule has 2 heterocycles. The van der Waals surface area contributed by atoms with Crippen molar-refractivity contribution >= 4 is 10.9 Å². The molecule has 0 saturated carbocycles. The molecular formula is C20H23N3. The van der Waals surface area contributed by atoms with Crippen LogP contribution in [0, 0.1) is 6.92 Å². The Kier molecular flexibility index (Phi) is 4.68. The van der Waals surface area contributed by atoms with E-state index < -0.39 is 0 Å². The second-order valence-electron chi connectivity index (χ2n) is 6.22. The predicted molar refractivity (Wildman–Crippen MR) is 95.4 cm³/mol. The van der Waals surface area contributed by atoms with Crippen LogP contribution in [0.15, 0.2) is 54.9 Å². The summed E-state index contributed by atoms with van der Waals surface area (Å²) in [6.07, 6.45) is 4.75. The van der Waals surface area contributed by atoms with Crippen molar-refractivity contribution in [3.63, 3.8) is 0 Å². The molecule has 23 heavy (non-hydrogen) atoms. The van der Waals surface area contributed by atoms with Crippen molar-refractivity contribution in [3.8, 4) is 0 Å². The highest BCUT2D eigenvalue weighted by Gasteiger charge is 2.13. The van der Waals surface area contributed by atoms with E-state index in [1.54, 1.807) is 0 Å². The maximum Gasteiger partial charge on any atom is 0.0705 e. The fourth-order valence-corrected chi connectivity index (χ4v) is 2.89. The van der Waals surface area contributed by atoms with E-state index in [1.807, 2.05) is 24.5 Å². The van der Waals surface area contributed by atoms with Gasteiger partial charge in [-0.3, -0.25) is 14.9 Å². The Bertz CT molecular complexity index is 792. The maximum atomic E-state index is 4.52. The van der Waals surface area contributed by atoms with E-state index in [2.05, 4.69) is 66.1 Å². The molecule has 0 N–H and O–H groups in total. The highest BCUT2D eigenvalue weighted by Crippen LogP contribution is 2.19. The number of para-hydroxylation sites is 1. The van der Waals surface area contributed by atoms with E-state index >= 15 is 0 Å². The normalized spacial score (nSPS) is 12.7. The van der Waals surface area contributed by atoms with Crippen LogP contribution in [0.4, 0.5) is 0 Å². The van der Waals surface area contributed by atoms with Crippen LogP contribution in [0.1, 0.15) is 23.7 Å². The third-order valence-electron chi connectivity index (χ3n) is 4.52. The molecule has 0 bridgehead atoms. The van der Waals surface area contributed by atoms with Crippen molar-refractivity contribution in [3.05, 3.63) is 71.7 Å². The monoisotopic (exact) mass is 305 g/mol. The van der Waals surface area contributed by atoms with Crippen molar-refractivity contribution in [2.75, 3.05) is 7.05 Å². The fourth-order valence-electron chi connectivity index (χ4n) is 2.89. The van der Waals surface area contributed by atoms with Gasteiger partial charge in [-0.1, -0.05) is 24.3 Å². The Morgan fingerprint density at radius 2 is 1.83 bits per heavy atom. The van der Waals surface area contributed by atoms with E-state index in [4.69, 9.17) is 0 Å². The van der Waals surface area contributed by atoms with Gasteiger partial charge >= 0.3 is 0 Å². The number of pyridine rings is 2. The molecule has 0 aliphatic rings. The Hall–Kier alpha value is -2.26. The molecule has 0 aliphatic carbocycles. The summed E-state index contributed by atoms with van der Waals surface area (Å²) < 4.78 is 0. The summed E-state index contributed by atoms with van der Waals surface area (Å²) in [7, 11) is 2.18. The van der Waals surface area contributed by atoms with Crippen molar-refractivity contribution in [1.29, 1.82) is 0 Å². The lowest BCUT2D eigenvalue weighted by molar-refractivity contribution is 0.247. The fraction of sp³-hybridized carbons (Fsp3) is 0.300. The minimum atomic E-state index is 0.426. The Labute approximate surface area is 138 Å². The number of aryl methyl sites for hydroxylation is 1. The Balaban J connectivity index is 1.75. The van der Waals surface area contributed by atoms with E-state index in [0.29, 0.717) is 6.04 Å². The first-order valence-electron chi connectivity index (χ1n) is 8.08. The summed E-state index contributed by atoms with van der Waals surface area (Å²) in [5.74, 6) is 0. The van der Waals surface area contributed by atoms with Gasteiger partial charge in [0.25, 0.3) is 0 Å². The molecule has 3 nitrogen and oxygen atoms in total. The number of hydrogen-bond donors (Lipinski definition) is 0. The van der Waals surface area contributed by atoms with Gasteiger partial charge in [0.15, 0.2) is 0 Å². The van der Waals surface area contributed by atoms with Crippen LogP contribution in [0.5, 0.6) is 0 Å². The molecule has 3 rings (SSSR count). The topological polar surface area (TPSA) is 29.0 Å². The summed E-state index contributed by atoms with van der Waals surface area (Å²) in [6.45, 7) is 5.30. The van der Waals surface area contributed by atoms with Crippen molar-refractivity contribution < 1.29 is 0 Å². The van der Waals surface area contributed by atoms with Gasteiger partial charge in [-0.15, -0.1) is 0 Å². The standard InChI is InChI=1S/C20H23N3/c1-15-7-6-11-21-20(15)13-16(2)23(3)14-17-10-12-22-19-9-5-4-8-18(17)19/h4-12,16H,13-14H2,1-3H3. The summed E-state index contributed by atoms with van der Waals surface area (Å²) in [6, 6.07) is 15.0. The quantitative estimate of drug-likeness (QED) is 0.713. The van der Waals surface area contributed by atoms with Crippen LogP contribution >= 0.6 is 0 Å². The Morgan fingerprint density at radius 1 is 1.00 bits per heavy atom. The number of fused-ring (bicyclic) bond motifs is 1. The average Bonchev–Trinajstić information content (AvgIpc) is 2.57. The smallest absolute Gasteiger partial charge is 0.0705 e. The largest absolute Gasteiger partial charge is 0.299 e. The van der Waals surface area contributed by atoms with E-state index in [0.717, 1.165) is 18.5 Å². The van der Waals surface area contributed by atoms with Crippen LogP contribution in [0.25, 0.3) is 10.9 Å². The lowest BCUT2D eigenvalue weighted by atomic mass is 10.1. The number of rotatable bonds is 5. The van der Waals surface area contributed by atoms with Gasteiger partial charge in [-0.25, -0.2) is 0 Å². The number of nitrogens with zero attached hydrogens (tertiary/aromatic N) is 3. The zero-order valence-corrected chi connectivity index (χ0v) is 14.0. The van der Waals surface area contributed by atoms with E-state index in [9.17, 15) is 0 Å². The molecule has 1 unspecified atom stereocenters. The molecule has 1 aromatic carbocycles. The average molecular weight is 305 g/mol. The van der Waals surface area contributed by atoms with E-state index in [-0.39, 0.29) is 0 Å². The van der Waals surface area contributed by atoms with Gasteiger partial charge in [0, 0.05) is 42.5 Å². The second-order valence-corrected chi connectivity index (χ2v) is 6.22. The summed E-state index contributed by atoms with van der Waals surface area (Å²) in [5.41, 5.74) is 4.84. The molecule has 3 heteroatoms. The number of hydrogen-bond acceptors (Lipinski definition) is 3. The molecule has 0 saturated heterocycles. The van der Waals surface area contributed by atoms with Crippen LogP contribution < -0.4 is 0 Å². The van der Waals surface area contributed by atoms with Crippen LogP contribution in [0.3, 0.4) is 0 Å². The first-order valence-corrected chi connectivity index (χ1v) is 8.08. The van der Waals surface area contributed by atoms with Crippen LogP contribution in [-0.4, -0.2) is 28.0 Å². The molecule has 118 valence electrons. The Morgan fingerprint density at radius 3 is 2.65 bits per heavy atom. The zero-order valence-electron chi connectivity index (χ0n) is 14.0. The van der Waals surface area contributed by atoms with Gasteiger partial charge in [0.1, 0.15) is 0 Å². The van der Waals surface area contributed by atoms with Gasteiger partial charge < -0.3 is 0 Å². The maximum absolute atomic E-state index is 4.52. The molecule has 1 atom stereocenters. The zero-order chi connectivity index (χ0) is 16.2. The molecule has 0 spiro atoms. The molecule has 2 aromatic heterocycles. The molecule has 0 aliphatic heterocycles. The van der Waals surface area contributed by atoms with Gasteiger partial charge in [-0.05, 0) is 50.2 Å². The molecule has 3 aromatic rings. The SMILES string of the molecule is Cc1cccnc1CC(C)N(C)Cc1ccnc2ccccc12. The lowest BCUT2D eigenvalue weighted by Crippen LogP contribution is -2.31. The lowest BCUT2D eigenvalue weighted by Gasteiger charge is -2.25. The molecular weight excluding hydrogens is 282 g/mol. The molecule has 0 amide bonds. The van der Waals surface area contributed by atoms with Crippen molar-refractivity contribution in [1.82, 2.24) is 14.9 Å². The highest BCUT2D eigenvalue weighted by molar-refractivity contribution is 5.81. The van der Waals surface area contributed by atoms with E-state index in [1.165, 1.54) is 22.2 Å². The third kappa shape index (κ3) is 3.57. The van der Waals surface area contributed by atoms with Crippen LogP contribution in [-0.2, 0) is 13.0 Å². The number of aromatic nitrogens is 2. The van der Waals surface area contributed by atoms with Crippen LogP contribution in [0.2, 0.25) is 0 Å². The highest BCUT2D eigenvalue weighted by atomic mass is 15.1. The van der Waals surface area contributed by atoms with Gasteiger partial charge in [-0.2, -0.15) is 0 Å². The van der Waals surface area contributed by atoms with Gasteiger partial charge in [0.05, 0.1) is 5.52 Å². The molecule has 0 fully saturated rings. The van der Waals surface area contributed by atoms with Gasteiger partial charge in [0.2, 0.25) is 0 Å². The first kappa shape index (κ1) is 15.6. The summed E-state index contributed by atoms with van der Waals surface area (Å²) >= 11 is 0. The second kappa shape index (κ2) is 6.88. The number of benzene rings is 1. The summed E-state index contributed by atoms with van der Waals surface area (Å²) in [4.78, 5) is 11.4. The van der Waals surface area contributed by atoms with Crippen molar-refractivity contribution in [2.45, 2.75) is 32.9 Å². The van der Waals surface area contributed by atoms with Crippen molar-refractivity contribution in [2.24, 2.45) is 0 Å². The third-order valence-corrected chi connectivity index (χ3v) is 4.52. The minimum absolute atomic E-state index is 0.426. The minimum Gasteiger partial charge on any atom is -0.299 e.